The van der Waals surface area contributed by atoms with Gasteiger partial charge in [-0.05, 0) is 37.6 Å². The van der Waals surface area contributed by atoms with Gasteiger partial charge in [-0.25, -0.2) is 0 Å². The number of carbonyl (C=O) groups excluding carboxylic acids is 1. The van der Waals surface area contributed by atoms with Crippen LogP contribution < -0.4 is 9.54 Å². The van der Waals surface area contributed by atoms with Crippen LogP contribution in [0.1, 0.15) is 22.2 Å². The molecular weight excluding hydrogens is 352 g/mol. The molecule has 7 heteroatoms. The number of benzene rings is 1. The molecule has 4 nitrogen and oxygen atoms in total. The number of thiophene rings is 1. The number of fused-ring (bicyclic) bond motifs is 1. The largest absolute Gasteiger partial charge is 0.495 e. The summed E-state index contributed by atoms with van der Waals surface area (Å²) >= 11 is 8.64. The number of amides is 1. The molecule has 0 saturated carbocycles. The van der Waals surface area contributed by atoms with Gasteiger partial charge in [-0.1, -0.05) is 29.0 Å². The van der Waals surface area contributed by atoms with E-state index < -0.39 is 0 Å². The normalized spacial score (nSPS) is 12.1. The summed E-state index contributed by atoms with van der Waals surface area (Å²) in [6.07, 6.45) is 0. The SMILES string of the molecule is CCn1c(=NC(=O)c2ccc(Cl)s2)sc2c(C)ccc(OC)c21. The lowest BCUT2D eigenvalue weighted by Gasteiger charge is -2.07. The fourth-order valence-corrected chi connectivity index (χ4v) is 4.50. The molecule has 0 aliphatic rings. The molecule has 2 aromatic heterocycles. The molecule has 1 amide bonds. The second kappa shape index (κ2) is 6.47. The number of hydrogen-bond acceptors (Lipinski definition) is 4. The number of nitrogens with zero attached hydrogens (tertiary/aromatic N) is 2. The molecule has 120 valence electrons. The van der Waals surface area contributed by atoms with Crippen LogP contribution in [0.15, 0.2) is 29.3 Å². The van der Waals surface area contributed by atoms with Crippen LogP contribution in [0.2, 0.25) is 4.34 Å². The lowest BCUT2D eigenvalue weighted by Crippen LogP contribution is -2.15. The Labute approximate surface area is 146 Å². The molecule has 0 bridgehead atoms. The van der Waals surface area contributed by atoms with Crippen molar-refractivity contribution in [2.75, 3.05) is 7.11 Å². The lowest BCUT2D eigenvalue weighted by atomic mass is 10.2. The van der Waals surface area contributed by atoms with E-state index >= 15 is 0 Å². The van der Waals surface area contributed by atoms with Gasteiger partial charge in [0.25, 0.3) is 5.91 Å². The minimum absolute atomic E-state index is 0.271. The van der Waals surface area contributed by atoms with Crippen LogP contribution >= 0.6 is 34.3 Å². The maximum Gasteiger partial charge on any atom is 0.289 e. The van der Waals surface area contributed by atoms with E-state index in [0.29, 0.717) is 20.6 Å². The molecule has 0 aliphatic carbocycles. The molecule has 3 rings (SSSR count). The minimum Gasteiger partial charge on any atom is -0.495 e. The molecule has 1 aromatic carbocycles. The van der Waals surface area contributed by atoms with Gasteiger partial charge in [0.2, 0.25) is 0 Å². The van der Waals surface area contributed by atoms with Crippen LogP contribution in [0.5, 0.6) is 5.75 Å². The summed E-state index contributed by atoms with van der Waals surface area (Å²) in [7, 11) is 1.65. The van der Waals surface area contributed by atoms with E-state index in [1.165, 1.54) is 22.7 Å². The van der Waals surface area contributed by atoms with Crippen LogP contribution in [-0.4, -0.2) is 17.6 Å². The number of methoxy groups -OCH3 is 1. The van der Waals surface area contributed by atoms with Gasteiger partial charge in [-0.3, -0.25) is 4.79 Å². The fourth-order valence-electron chi connectivity index (χ4n) is 2.39. The van der Waals surface area contributed by atoms with Gasteiger partial charge >= 0.3 is 0 Å². The predicted octanol–water partition coefficient (Wildman–Crippen LogP) is 4.50. The van der Waals surface area contributed by atoms with E-state index in [9.17, 15) is 4.79 Å². The van der Waals surface area contributed by atoms with E-state index in [1.54, 1.807) is 19.2 Å². The van der Waals surface area contributed by atoms with Crippen molar-refractivity contribution in [1.29, 1.82) is 0 Å². The van der Waals surface area contributed by atoms with Gasteiger partial charge in [0, 0.05) is 6.54 Å². The molecule has 0 saturated heterocycles. The molecule has 0 N–H and O–H groups in total. The third kappa shape index (κ3) is 2.94. The molecule has 0 radical (unpaired) electrons. The van der Waals surface area contributed by atoms with Gasteiger partial charge in [0.1, 0.15) is 11.3 Å². The van der Waals surface area contributed by atoms with Crippen LogP contribution in [0.25, 0.3) is 10.2 Å². The highest BCUT2D eigenvalue weighted by atomic mass is 35.5. The zero-order chi connectivity index (χ0) is 16.6. The van der Waals surface area contributed by atoms with Crippen molar-refractivity contribution in [2.24, 2.45) is 4.99 Å². The first-order chi connectivity index (χ1) is 11.0. The smallest absolute Gasteiger partial charge is 0.289 e. The number of halogens is 1. The summed E-state index contributed by atoms with van der Waals surface area (Å²) < 4.78 is 9.16. The van der Waals surface area contributed by atoms with E-state index in [-0.39, 0.29) is 5.91 Å². The van der Waals surface area contributed by atoms with Gasteiger partial charge in [-0.2, -0.15) is 4.99 Å². The average Bonchev–Trinajstić information content (AvgIpc) is 3.12. The van der Waals surface area contributed by atoms with Crippen molar-refractivity contribution in [3.63, 3.8) is 0 Å². The van der Waals surface area contributed by atoms with Crippen molar-refractivity contribution in [1.82, 2.24) is 4.57 Å². The number of aryl methyl sites for hydroxylation is 2. The maximum atomic E-state index is 12.4. The number of rotatable bonds is 3. The maximum absolute atomic E-state index is 12.4. The second-order valence-corrected chi connectivity index (χ2v) is 7.60. The molecule has 23 heavy (non-hydrogen) atoms. The third-order valence-corrected chi connectivity index (χ3v) is 5.94. The van der Waals surface area contributed by atoms with Crippen molar-refractivity contribution in [3.8, 4) is 5.75 Å². The Morgan fingerprint density at radius 2 is 2.09 bits per heavy atom. The number of aromatic nitrogens is 1. The summed E-state index contributed by atoms with van der Waals surface area (Å²) in [6, 6.07) is 7.37. The Morgan fingerprint density at radius 3 is 2.70 bits per heavy atom. The molecule has 0 spiro atoms. The summed E-state index contributed by atoms with van der Waals surface area (Å²) in [5.74, 6) is 0.518. The summed E-state index contributed by atoms with van der Waals surface area (Å²) in [5.41, 5.74) is 2.12. The quantitative estimate of drug-likeness (QED) is 0.685. The molecule has 0 atom stereocenters. The van der Waals surface area contributed by atoms with E-state index in [1.807, 2.05) is 30.5 Å². The first-order valence-corrected chi connectivity index (χ1v) is 9.07. The number of carbonyl (C=O) groups is 1. The molecular formula is C16H15ClN2O2S2. The number of hydrogen-bond donors (Lipinski definition) is 0. The van der Waals surface area contributed by atoms with Crippen molar-refractivity contribution in [2.45, 2.75) is 20.4 Å². The first kappa shape index (κ1) is 16.2. The highest BCUT2D eigenvalue weighted by molar-refractivity contribution is 7.18. The Kier molecular flexibility index (Phi) is 4.57. The van der Waals surface area contributed by atoms with Crippen molar-refractivity contribution in [3.05, 3.63) is 43.8 Å². The molecule has 2 heterocycles. The zero-order valence-corrected chi connectivity index (χ0v) is 15.3. The third-order valence-electron chi connectivity index (χ3n) is 3.50. The van der Waals surface area contributed by atoms with Crippen molar-refractivity contribution < 1.29 is 9.53 Å². The lowest BCUT2D eigenvalue weighted by molar-refractivity contribution is 0.100. The molecule has 0 unspecified atom stereocenters. The average molecular weight is 367 g/mol. The topological polar surface area (TPSA) is 43.6 Å². The van der Waals surface area contributed by atoms with E-state index in [2.05, 4.69) is 4.99 Å². The highest BCUT2D eigenvalue weighted by Gasteiger charge is 2.14. The Bertz CT molecular complexity index is 953. The van der Waals surface area contributed by atoms with Gasteiger partial charge in [-0.15, -0.1) is 11.3 Å². The van der Waals surface area contributed by atoms with E-state index in [4.69, 9.17) is 16.3 Å². The number of ether oxygens (including phenoxy) is 1. The fraction of sp³-hybridized carbons (Fsp3) is 0.250. The van der Waals surface area contributed by atoms with Crippen molar-refractivity contribution >= 4 is 50.4 Å². The van der Waals surface area contributed by atoms with Gasteiger partial charge in [0.05, 0.1) is 21.0 Å². The summed E-state index contributed by atoms with van der Waals surface area (Å²) in [4.78, 5) is 17.9. The Balaban J connectivity index is 2.23. The van der Waals surface area contributed by atoms with Crippen LogP contribution in [-0.2, 0) is 6.54 Å². The zero-order valence-electron chi connectivity index (χ0n) is 12.9. The first-order valence-electron chi connectivity index (χ1n) is 7.06. The predicted molar refractivity (Wildman–Crippen MR) is 96.0 cm³/mol. The minimum atomic E-state index is -0.271. The summed E-state index contributed by atoms with van der Waals surface area (Å²) in [6.45, 7) is 4.78. The van der Waals surface area contributed by atoms with Gasteiger partial charge < -0.3 is 9.30 Å². The number of thiazole rings is 1. The van der Waals surface area contributed by atoms with E-state index in [0.717, 1.165) is 21.5 Å². The Morgan fingerprint density at radius 1 is 1.30 bits per heavy atom. The highest BCUT2D eigenvalue weighted by Crippen LogP contribution is 2.30. The standard InChI is InChI=1S/C16H15ClN2O2S2/c1-4-19-13-10(21-3)6-5-9(2)14(13)23-16(19)18-15(20)11-7-8-12(17)22-11/h5-8H,4H2,1-3H3. The molecule has 3 aromatic rings. The second-order valence-electron chi connectivity index (χ2n) is 4.91. The van der Waals surface area contributed by atoms with Crippen LogP contribution in [0.4, 0.5) is 0 Å². The van der Waals surface area contributed by atoms with Gasteiger partial charge in [0.15, 0.2) is 4.80 Å². The summed E-state index contributed by atoms with van der Waals surface area (Å²) in [5, 5.41) is 0. The monoisotopic (exact) mass is 366 g/mol. The molecule has 0 aliphatic heterocycles. The van der Waals surface area contributed by atoms with Crippen LogP contribution in [0, 0.1) is 6.92 Å². The molecule has 0 fully saturated rings. The Hall–Kier alpha value is -1.63. The van der Waals surface area contributed by atoms with Crippen LogP contribution in [0.3, 0.4) is 0 Å².